The van der Waals surface area contributed by atoms with Crippen molar-refractivity contribution in [3.63, 3.8) is 0 Å². The number of aromatic nitrogens is 4. The Morgan fingerprint density at radius 2 is 1.89 bits per heavy atom. The lowest BCUT2D eigenvalue weighted by atomic mass is 10.3. The third-order valence-corrected chi connectivity index (χ3v) is 4.48. The van der Waals surface area contributed by atoms with Crippen LogP contribution in [0.1, 0.15) is 5.82 Å². The Bertz CT molecular complexity index is 1160. The fraction of sp³-hybridized carbons (Fsp3) is 0.105. The Balaban J connectivity index is 1.36. The maximum Gasteiger partial charge on any atom is 0.231 e. The maximum absolute atomic E-state index is 6.04. The molecule has 0 bridgehead atoms. The molecule has 3 heterocycles. The number of fused-ring (bicyclic) bond motifs is 2. The summed E-state index contributed by atoms with van der Waals surface area (Å²) in [6.07, 6.45) is 0. The lowest BCUT2D eigenvalue weighted by molar-refractivity contribution is 0.174. The minimum Gasteiger partial charge on any atom is -0.454 e. The van der Waals surface area contributed by atoms with Gasteiger partial charge in [-0.2, -0.15) is 4.52 Å². The Labute approximate surface area is 165 Å². The molecule has 0 saturated carbocycles. The van der Waals surface area contributed by atoms with Gasteiger partial charge in [0.25, 0.3) is 0 Å². The van der Waals surface area contributed by atoms with E-state index in [4.69, 9.17) is 21.1 Å². The van der Waals surface area contributed by atoms with Gasteiger partial charge in [-0.05, 0) is 42.5 Å². The zero-order valence-electron chi connectivity index (χ0n) is 14.6. The van der Waals surface area contributed by atoms with E-state index in [0.717, 1.165) is 22.9 Å². The van der Waals surface area contributed by atoms with Crippen LogP contribution in [-0.2, 0) is 6.54 Å². The lowest BCUT2D eigenvalue weighted by Gasteiger charge is -2.08. The molecule has 8 nitrogen and oxygen atoms in total. The van der Waals surface area contributed by atoms with E-state index in [0.29, 0.717) is 28.9 Å². The van der Waals surface area contributed by atoms with Gasteiger partial charge in [-0.1, -0.05) is 17.7 Å². The predicted octanol–water partition coefficient (Wildman–Crippen LogP) is 3.86. The van der Waals surface area contributed by atoms with Crippen LogP contribution in [0.4, 0.5) is 17.2 Å². The largest absolute Gasteiger partial charge is 0.454 e. The van der Waals surface area contributed by atoms with Crippen LogP contribution in [0.2, 0.25) is 5.02 Å². The molecule has 28 heavy (non-hydrogen) atoms. The van der Waals surface area contributed by atoms with Crippen LogP contribution in [-0.4, -0.2) is 26.6 Å². The molecule has 0 radical (unpaired) electrons. The van der Waals surface area contributed by atoms with Gasteiger partial charge in [0.2, 0.25) is 6.79 Å². The van der Waals surface area contributed by atoms with Crippen LogP contribution >= 0.6 is 11.6 Å². The molecule has 2 aromatic heterocycles. The van der Waals surface area contributed by atoms with Gasteiger partial charge in [0.1, 0.15) is 0 Å². The summed E-state index contributed by atoms with van der Waals surface area (Å²) < 4.78 is 12.4. The number of halogens is 1. The zero-order valence-corrected chi connectivity index (χ0v) is 15.3. The molecule has 2 aromatic carbocycles. The molecule has 140 valence electrons. The van der Waals surface area contributed by atoms with Crippen LogP contribution in [0.25, 0.3) is 5.65 Å². The normalized spacial score (nSPS) is 12.3. The van der Waals surface area contributed by atoms with Crippen LogP contribution in [0.3, 0.4) is 0 Å². The number of ether oxygens (including phenoxy) is 2. The first-order chi connectivity index (χ1) is 13.7. The molecule has 0 aliphatic carbocycles. The molecule has 1 aliphatic rings. The summed E-state index contributed by atoms with van der Waals surface area (Å²) in [5, 5.41) is 20.2. The van der Waals surface area contributed by atoms with Crippen LogP contribution in [0.5, 0.6) is 11.5 Å². The van der Waals surface area contributed by atoms with Crippen LogP contribution in [0.15, 0.2) is 54.6 Å². The second-order valence-corrected chi connectivity index (χ2v) is 6.60. The quantitative estimate of drug-likeness (QED) is 0.531. The van der Waals surface area contributed by atoms with Gasteiger partial charge < -0.3 is 20.1 Å². The summed E-state index contributed by atoms with van der Waals surface area (Å²) in [4.78, 5) is 0. The molecular formula is C19H15ClN6O2. The number of hydrogen-bond acceptors (Lipinski definition) is 7. The molecule has 0 atom stereocenters. The van der Waals surface area contributed by atoms with E-state index in [1.165, 1.54) is 0 Å². The van der Waals surface area contributed by atoms with E-state index >= 15 is 0 Å². The average molecular weight is 395 g/mol. The summed E-state index contributed by atoms with van der Waals surface area (Å²) in [6.45, 7) is 0.703. The fourth-order valence-electron chi connectivity index (χ4n) is 2.91. The van der Waals surface area contributed by atoms with Crippen molar-refractivity contribution in [3.05, 3.63) is 65.4 Å². The average Bonchev–Trinajstić information content (AvgIpc) is 3.32. The van der Waals surface area contributed by atoms with Crippen molar-refractivity contribution in [2.45, 2.75) is 6.54 Å². The summed E-state index contributed by atoms with van der Waals surface area (Å²) in [6, 6.07) is 16.9. The number of hydrogen-bond donors (Lipinski definition) is 2. The lowest BCUT2D eigenvalue weighted by Crippen LogP contribution is -2.07. The van der Waals surface area contributed by atoms with Crippen molar-refractivity contribution in [1.82, 2.24) is 19.8 Å². The van der Waals surface area contributed by atoms with Gasteiger partial charge in [-0.3, -0.25) is 0 Å². The van der Waals surface area contributed by atoms with Gasteiger partial charge >= 0.3 is 0 Å². The van der Waals surface area contributed by atoms with E-state index in [1.54, 1.807) is 4.52 Å². The molecule has 2 N–H and O–H groups in total. The van der Waals surface area contributed by atoms with Crippen molar-refractivity contribution in [2.75, 3.05) is 17.4 Å². The minimum absolute atomic E-state index is 0.250. The first-order valence-corrected chi connectivity index (χ1v) is 9.00. The smallest absolute Gasteiger partial charge is 0.231 e. The number of nitrogens with zero attached hydrogens (tertiary/aromatic N) is 4. The molecule has 0 saturated heterocycles. The predicted molar refractivity (Wildman–Crippen MR) is 105 cm³/mol. The third kappa shape index (κ3) is 3.25. The Morgan fingerprint density at radius 1 is 0.964 bits per heavy atom. The van der Waals surface area contributed by atoms with E-state index in [9.17, 15) is 0 Å². The van der Waals surface area contributed by atoms with Crippen LogP contribution in [0, 0.1) is 0 Å². The monoisotopic (exact) mass is 394 g/mol. The molecule has 0 fully saturated rings. The van der Waals surface area contributed by atoms with Gasteiger partial charge in [-0.15, -0.1) is 15.3 Å². The highest BCUT2D eigenvalue weighted by molar-refractivity contribution is 6.30. The van der Waals surface area contributed by atoms with Crippen molar-refractivity contribution >= 4 is 34.4 Å². The Kier molecular flexibility index (Phi) is 4.10. The first-order valence-electron chi connectivity index (χ1n) is 8.62. The van der Waals surface area contributed by atoms with Crippen molar-refractivity contribution in [2.24, 2.45) is 0 Å². The zero-order chi connectivity index (χ0) is 18.9. The summed E-state index contributed by atoms with van der Waals surface area (Å²) >= 11 is 6.04. The first kappa shape index (κ1) is 16.6. The number of anilines is 3. The summed E-state index contributed by atoms with van der Waals surface area (Å²) in [7, 11) is 0. The van der Waals surface area contributed by atoms with Crippen molar-refractivity contribution in [1.29, 1.82) is 0 Å². The van der Waals surface area contributed by atoms with E-state index in [-0.39, 0.29) is 6.79 Å². The number of benzene rings is 2. The molecule has 0 spiro atoms. The summed E-state index contributed by atoms with van der Waals surface area (Å²) in [5.74, 6) is 2.82. The molecule has 1 aliphatic heterocycles. The second-order valence-electron chi connectivity index (χ2n) is 6.16. The standard InChI is InChI=1S/C19H15ClN6O2/c20-12-2-1-3-14(8-12)22-17-6-7-18-23-24-19(26(18)25-17)10-21-13-4-5-15-16(9-13)28-11-27-15/h1-9,21H,10-11H2,(H,22,25). The highest BCUT2D eigenvalue weighted by Crippen LogP contribution is 2.34. The van der Waals surface area contributed by atoms with E-state index in [1.807, 2.05) is 54.6 Å². The molecule has 9 heteroatoms. The van der Waals surface area contributed by atoms with Gasteiger partial charge in [0.15, 0.2) is 28.8 Å². The molecule has 0 unspecified atom stereocenters. The van der Waals surface area contributed by atoms with E-state index < -0.39 is 0 Å². The highest BCUT2D eigenvalue weighted by atomic mass is 35.5. The second kappa shape index (κ2) is 6.90. The highest BCUT2D eigenvalue weighted by Gasteiger charge is 2.14. The third-order valence-electron chi connectivity index (χ3n) is 4.25. The maximum atomic E-state index is 6.04. The van der Waals surface area contributed by atoms with Gasteiger partial charge in [-0.25, -0.2) is 0 Å². The SMILES string of the molecule is Clc1cccc(Nc2ccc3nnc(CNc4ccc5c(c4)OCO5)n3n2)c1. The van der Waals surface area contributed by atoms with Crippen molar-refractivity contribution in [3.8, 4) is 11.5 Å². The van der Waals surface area contributed by atoms with E-state index in [2.05, 4.69) is 25.9 Å². The molecule has 5 rings (SSSR count). The molecule has 4 aromatic rings. The Morgan fingerprint density at radius 3 is 2.82 bits per heavy atom. The number of rotatable bonds is 5. The van der Waals surface area contributed by atoms with Crippen LogP contribution < -0.4 is 20.1 Å². The number of nitrogens with one attached hydrogen (secondary N) is 2. The minimum atomic E-state index is 0.250. The van der Waals surface area contributed by atoms with Gasteiger partial charge in [0, 0.05) is 22.5 Å². The molecule has 0 amide bonds. The topological polar surface area (TPSA) is 85.6 Å². The van der Waals surface area contributed by atoms with Crippen molar-refractivity contribution < 1.29 is 9.47 Å². The van der Waals surface area contributed by atoms with Gasteiger partial charge in [0.05, 0.1) is 6.54 Å². The fourth-order valence-corrected chi connectivity index (χ4v) is 3.10. The molecular weight excluding hydrogens is 380 g/mol. The summed E-state index contributed by atoms with van der Waals surface area (Å²) in [5.41, 5.74) is 2.42. The Hall–Kier alpha value is -3.52.